The summed E-state index contributed by atoms with van der Waals surface area (Å²) in [7, 11) is 0. The molecule has 2 rings (SSSR count). The number of aromatic nitrogens is 3. The van der Waals surface area contributed by atoms with Crippen molar-refractivity contribution in [2.75, 3.05) is 0 Å². The van der Waals surface area contributed by atoms with Gasteiger partial charge in [0.05, 0.1) is 16.8 Å². The van der Waals surface area contributed by atoms with E-state index in [1.165, 1.54) is 0 Å². The van der Waals surface area contributed by atoms with Gasteiger partial charge in [-0.2, -0.15) is 5.10 Å². The van der Waals surface area contributed by atoms with Crippen LogP contribution in [-0.2, 0) is 0 Å². The summed E-state index contributed by atoms with van der Waals surface area (Å²) in [6.45, 7) is 1.71. The summed E-state index contributed by atoms with van der Waals surface area (Å²) < 4.78 is 2.51. The highest BCUT2D eigenvalue weighted by atomic mass is 79.9. The van der Waals surface area contributed by atoms with Gasteiger partial charge in [-0.05, 0) is 28.9 Å². The number of aliphatic hydroxyl groups is 1. The molecule has 1 N–H and O–H groups in total. The third-order valence-corrected chi connectivity index (χ3v) is 2.44. The molecule has 15 heavy (non-hydrogen) atoms. The highest BCUT2D eigenvalue weighted by molar-refractivity contribution is 9.10. The molecule has 2 aromatic rings. The lowest BCUT2D eigenvalue weighted by atomic mass is 10.1. The van der Waals surface area contributed by atoms with Gasteiger partial charge in [0.15, 0.2) is 5.82 Å². The maximum absolute atomic E-state index is 9.58. The molecule has 0 saturated heterocycles. The molecule has 0 aliphatic rings. The van der Waals surface area contributed by atoms with Crippen molar-refractivity contribution in [1.82, 2.24) is 14.8 Å². The molecule has 0 amide bonds. The SMILES string of the molecule is C[C@H](O)c1cccnc1-n1cc(Br)cn1. The maximum atomic E-state index is 9.58. The van der Waals surface area contributed by atoms with Crippen molar-refractivity contribution >= 4 is 15.9 Å². The molecule has 4 nitrogen and oxygen atoms in total. The Labute approximate surface area is 95.7 Å². The van der Waals surface area contributed by atoms with Crippen LogP contribution in [0.1, 0.15) is 18.6 Å². The van der Waals surface area contributed by atoms with Crippen LogP contribution >= 0.6 is 15.9 Å². The van der Waals surface area contributed by atoms with Gasteiger partial charge in [-0.3, -0.25) is 0 Å². The first kappa shape index (κ1) is 10.3. The van der Waals surface area contributed by atoms with Crippen LogP contribution in [0, 0.1) is 0 Å². The third kappa shape index (κ3) is 2.08. The minimum atomic E-state index is -0.559. The van der Waals surface area contributed by atoms with Crippen LogP contribution in [-0.4, -0.2) is 19.9 Å². The predicted octanol–water partition coefficient (Wildman–Crippen LogP) is 2.08. The van der Waals surface area contributed by atoms with E-state index in [0.29, 0.717) is 5.82 Å². The number of hydrogen-bond acceptors (Lipinski definition) is 3. The fraction of sp³-hybridized carbons (Fsp3) is 0.200. The highest BCUT2D eigenvalue weighted by Crippen LogP contribution is 2.19. The standard InChI is InChI=1S/C10H10BrN3O/c1-7(15)9-3-2-4-12-10(9)14-6-8(11)5-13-14/h2-7,15H,1H3/t7-/m0/s1. The summed E-state index contributed by atoms with van der Waals surface area (Å²) >= 11 is 3.32. The van der Waals surface area contributed by atoms with Crippen LogP contribution in [0.3, 0.4) is 0 Å². The lowest BCUT2D eigenvalue weighted by Gasteiger charge is -2.09. The molecule has 0 aromatic carbocycles. The van der Waals surface area contributed by atoms with Gasteiger partial charge in [0.1, 0.15) is 0 Å². The fourth-order valence-electron chi connectivity index (χ4n) is 1.34. The number of pyridine rings is 1. The largest absolute Gasteiger partial charge is 0.389 e. The van der Waals surface area contributed by atoms with Crippen molar-refractivity contribution in [3.63, 3.8) is 0 Å². The summed E-state index contributed by atoms with van der Waals surface area (Å²) in [4.78, 5) is 4.20. The zero-order chi connectivity index (χ0) is 10.8. The van der Waals surface area contributed by atoms with Crippen molar-refractivity contribution in [2.24, 2.45) is 0 Å². The third-order valence-electron chi connectivity index (χ3n) is 2.04. The highest BCUT2D eigenvalue weighted by Gasteiger charge is 2.10. The second kappa shape index (κ2) is 4.12. The Morgan fingerprint density at radius 2 is 2.33 bits per heavy atom. The molecule has 0 aliphatic heterocycles. The van der Waals surface area contributed by atoms with Gasteiger partial charge in [-0.1, -0.05) is 6.07 Å². The van der Waals surface area contributed by atoms with Crippen molar-refractivity contribution in [3.8, 4) is 5.82 Å². The zero-order valence-corrected chi connectivity index (χ0v) is 9.72. The van der Waals surface area contributed by atoms with Gasteiger partial charge < -0.3 is 5.11 Å². The lowest BCUT2D eigenvalue weighted by Crippen LogP contribution is -2.05. The van der Waals surface area contributed by atoms with Gasteiger partial charge in [-0.15, -0.1) is 0 Å². The van der Waals surface area contributed by atoms with E-state index in [1.807, 2.05) is 6.07 Å². The number of halogens is 1. The van der Waals surface area contributed by atoms with Crippen LogP contribution in [0.5, 0.6) is 0 Å². The number of hydrogen-bond donors (Lipinski definition) is 1. The minimum Gasteiger partial charge on any atom is -0.389 e. The van der Waals surface area contributed by atoms with Crippen molar-refractivity contribution in [2.45, 2.75) is 13.0 Å². The molecule has 0 radical (unpaired) electrons. The Bertz CT molecular complexity index is 467. The molecule has 5 heteroatoms. The second-order valence-electron chi connectivity index (χ2n) is 3.20. The summed E-state index contributed by atoms with van der Waals surface area (Å²) in [6, 6.07) is 3.63. The van der Waals surface area contributed by atoms with Crippen LogP contribution in [0.2, 0.25) is 0 Å². The van der Waals surface area contributed by atoms with E-state index in [9.17, 15) is 5.11 Å². The zero-order valence-electron chi connectivity index (χ0n) is 8.13. The van der Waals surface area contributed by atoms with Crippen LogP contribution < -0.4 is 0 Å². The average Bonchev–Trinajstić information content (AvgIpc) is 2.65. The predicted molar refractivity (Wildman–Crippen MR) is 59.7 cm³/mol. The first-order valence-corrected chi connectivity index (χ1v) is 5.31. The van der Waals surface area contributed by atoms with E-state index in [1.54, 1.807) is 36.3 Å². The minimum absolute atomic E-state index is 0.559. The van der Waals surface area contributed by atoms with E-state index >= 15 is 0 Å². The number of rotatable bonds is 2. The summed E-state index contributed by atoms with van der Waals surface area (Å²) in [6.07, 6.45) is 4.60. The van der Waals surface area contributed by atoms with Gasteiger partial charge in [0, 0.05) is 18.0 Å². The molecular weight excluding hydrogens is 258 g/mol. The molecule has 78 valence electrons. The first-order valence-electron chi connectivity index (χ1n) is 4.52. The van der Waals surface area contributed by atoms with E-state index in [2.05, 4.69) is 26.0 Å². The normalized spacial score (nSPS) is 12.7. The van der Waals surface area contributed by atoms with Crippen molar-refractivity contribution in [1.29, 1.82) is 0 Å². The molecule has 0 aliphatic carbocycles. The summed E-state index contributed by atoms with van der Waals surface area (Å²) in [5.74, 6) is 0.651. The molecule has 0 fully saturated rings. The Kier molecular flexibility index (Phi) is 2.83. The summed E-state index contributed by atoms with van der Waals surface area (Å²) in [5, 5.41) is 13.7. The molecule has 0 saturated carbocycles. The van der Waals surface area contributed by atoms with E-state index < -0.39 is 6.10 Å². The summed E-state index contributed by atoms with van der Waals surface area (Å²) in [5.41, 5.74) is 0.758. The Morgan fingerprint density at radius 3 is 2.93 bits per heavy atom. The molecule has 0 spiro atoms. The lowest BCUT2D eigenvalue weighted by molar-refractivity contribution is 0.198. The maximum Gasteiger partial charge on any atom is 0.159 e. The molecule has 2 heterocycles. The van der Waals surface area contributed by atoms with E-state index in [0.717, 1.165) is 10.0 Å². The fourth-order valence-corrected chi connectivity index (χ4v) is 1.63. The number of aliphatic hydroxyl groups excluding tert-OH is 1. The van der Waals surface area contributed by atoms with Gasteiger partial charge in [0.2, 0.25) is 0 Å². The van der Waals surface area contributed by atoms with Crippen LogP contribution in [0.4, 0.5) is 0 Å². The Hall–Kier alpha value is -1.20. The van der Waals surface area contributed by atoms with Gasteiger partial charge in [-0.25, -0.2) is 9.67 Å². The van der Waals surface area contributed by atoms with Crippen molar-refractivity contribution in [3.05, 3.63) is 40.8 Å². The Morgan fingerprint density at radius 1 is 1.53 bits per heavy atom. The monoisotopic (exact) mass is 267 g/mol. The molecular formula is C10H10BrN3O. The topological polar surface area (TPSA) is 50.9 Å². The number of nitrogens with zero attached hydrogens (tertiary/aromatic N) is 3. The second-order valence-corrected chi connectivity index (χ2v) is 4.11. The quantitative estimate of drug-likeness (QED) is 0.907. The van der Waals surface area contributed by atoms with Crippen LogP contribution in [0.15, 0.2) is 35.2 Å². The van der Waals surface area contributed by atoms with Gasteiger partial charge in [0.25, 0.3) is 0 Å². The van der Waals surface area contributed by atoms with Gasteiger partial charge >= 0.3 is 0 Å². The van der Waals surface area contributed by atoms with E-state index in [4.69, 9.17) is 0 Å². The van der Waals surface area contributed by atoms with Crippen LogP contribution in [0.25, 0.3) is 5.82 Å². The molecule has 0 bridgehead atoms. The first-order chi connectivity index (χ1) is 7.18. The van der Waals surface area contributed by atoms with E-state index in [-0.39, 0.29) is 0 Å². The molecule has 1 atom stereocenters. The average molecular weight is 268 g/mol. The van der Waals surface area contributed by atoms with Crippen molar-refractivity contribution < 1.29 is 5.11 Å². The molecule has 2 aromatic heterocycles. The molecule has 0 unspecified atom stereocenters. The smallest absolute Gasteiger partial charge is 0.159 e. The Balaban J connectivity index is 2.52.